The second kappa shape index (κ2) is 9.24. The predicted octanol–water partition coefficient (Wildman–Crippen LogP) is 3.21. The Morgan fingerprint density at radius 3 is 2.56 bits per heavy atom. The van der Waals surface area contributed by atoms with Gasteiger partial charge in [0.15, 0.2) is 0 Å². The van der Waals surface area contributed by atoms with Crippen molar-refractivity contribution >= 4 is 45.9 Å². The van der Waals surface area contributed by atoms with Crippen molar-refractivity contribution in [2.45, 2.75) is 44.8 Å². The second-order valence-electron chi connectivity index (χ2n) is 5.83. The molecule has 25 heavy (non-hydrogen) atoms. The Morgan fingerprint density at radius 2 is 1.96 bits per heavy atom. The molecule has 1 aromatic heterocycles. The van der Waals surface area contributed by atoms with Crippen molar-refractivity contribution in [1.29, 1.82) is 0 Å². The molecule has 0 aromatic carbocycles. The van der Waals surface area contributed by atoms with E-state index in [9.17, 15) is 14.4 Å². The molecule has 1 aromatic rings. The van der Waals surface area contributed by atoms with Crippen LogP contribution in [0.25, 0.3) is 0 Å². The molecule has 1 aliphatic carbocycles. The summed E-state index contributed by atoms with van der Waals surface area (Å²) in [6.45, 7) is 3.64. The quantitative estimate of drug-likeness (QED) is 0.705. The fourth-order valence-corrected chi connectivity index (χ4v) is 5.08. The second-order valence-corrected chi connectivity index (χ2v) is 8.13. The van der Waals surface area contributed by atoms with E-state index in [1.54, 1.807) is 25.6 Å². The molecular formula is C17H24N2O4S2. The van der Waals surface area contributed by atoms with Gasteiger partial charge < -0.3 is 15.4 Å². The summed E-state index contributed by atoms with van der Waals surface area (Å²) in [6.07, 6.45) is 4.77. The van der Waals surface area contributed by atoms with Crippen molar-refractivity contribution in [3.05, 3.63) is 16.0 Å². The molecule has 6 nitrogen and oxygen atoms in total. The van der Waals surface area contributed by atoms with E-state index in [2.05, 4.69) is 10.6 Å². The number of nitrogens with one attached hydrogen (secondary N) is 2. The number of carbonyl (C=O) groups is 3. The SMILES string of the molecule is CCOC(=O)c1c(NC(=O)CSC2CCCC2)sc(C(=O)NC)c1C. The van der Waals surface area contributed by atoms with Crippen LogP contribution in [0.5, 0.6) is 0 Å². The summed E-state index contributed by atoms with van der Waals surface area (Å²) in [5.74, 6) is -0.620. The van der Waals surface area contributed by atoms with E-state index in [0.717, 1.165) is 24.2 Å². The normalized spacial score (nSPS) is 14.4. The molecule has 2 N–H and O–H groups in total. The number of hydrogen-bond acceptors (Lipinski definition) is 6. The monoisotopic (exact) mass is 384 g/mol. The maximum atomic E-state index is 12.3. The van der Waals surface area contributed by atoms with Gasteiger partial charge in [0.05, 0.1) is 22.8 Å². The molecule has 0 atom stereocenters. The van der Waals surface area contributed by atoms with Gasteiger partial charge in [0.25, 0.3) is 5.91 Å². The summed E-state index contributed by atoms with van der Waals surface area (Å²) < 4.78 is 5.08. The zero-order chi connectivity index (χ0) is 18.4. The molecule has 138 valence electrons. The third-order valence-corrected chi connectivity index (χ3v) is 6.64. The molecule has 0 spiro atoms. The fourth-order valence-electron chi connectivity index (χ4n) is 2.79. The largest absolute Gasteiger partial charge is 0.462 e. The average molecular weight is 385 g/mol. The van der Waals surface area contributed by atoms with Crippen LogP contribution >= 0.6 is 23.1 Å². The van der Waals surface area contributed by atoms with Gasteiger partial charge in [-0.15, -0.1) is 23.1 Å². The Kier molecular flexibility index (Phi) is 7.31. The lowest BCUT2D eigenvalue weighted by Gasteiger charge is -2.09. The van der Waals surface area contributed by atoms with Crippen LogP contribution in [0, 0.1) is 6.92 Å². The van der Waals surface area contributed by atoms with Gasteiger partial charge in [-0.1, -0.05) is 12.8 Å². The molecule has 2 amide bonds. The predicted molar refractivity (Wildman–Crippen MR) is 102 cm³/mol. The minimum Gasteiger partial charge on any atom is -0.462 e. The average Bonchev–Trinajstić information content (AvgIpc) is 3.20. The lowest BCUT2D eigenvalue weighted by Crippen LogP contribution is -2.18. The highest BCUT2D eigenvalue weighted by atomic mass is 32.2. The first-order chi connectivity index (χ1) is 12.0. The third-order valence-electron chi connectivity index (χ3n) is 4.06. The molecule has 1 saturated carbocycles. The topological polar surface area (TPSA) is 84.5 Å². The molecule has 1 aliphatic rings. The van der Waals surface area contributed by atoms with Crippen LogP contribution in [-0.4, -0.2) is 42.4 Å². The number of thioether (sulfide) groups is 1. The zero-order valence-corrected chi connectivity index (χ0v) is 16.4. The molecule has 0 radical (unpaired) electrons. The van der Waals surface area contributed by atoms with Gasteiger partial charge in [-0.25, -0.2) is 4.79 Å². The Labute approximate surface area is 156 Å². The summed E-state index contributed by atoms with van der Waals surface area (Å²) in [5, 5.41) is 6.27. The van der Waals surface area contributed by atoms with E-state index >= 15 is 0 Å². The standard InChI is InChI=1S/C17H24N2O4S2/c1-4-23-17(22)13-10(2)14(15(21)18-3)25-16(13)19-12(20)9-24-11-7-5-6-8-11/h11H,4-9H2,1-3H3,(H,18,21)(H,19,20). The number of anilines is 1. The van der Waals surface area contributed by atoms with E-state index in [-0.39, 0.29) is 24.0 Å². The van der Waals surface area contributed by atoms with E-state index in [1.165, 1.54) is 19.9 Å². The van der Waals surface area contributed by atoms with Gasteiger partial charge in [-0.05, 0) is 32.3 Å². The van der Waals surface area contributed by atoms with Crippen molar-refractivity contribution in [2.75, 3.05) is 24.7 Å². The van der Waals surface area contributed by atoms with Gasteiger partial charge >= 0.3 is 5.97 Å². The van der Waals surface area contributed by atoms with Crippen LogP contribution in [-0.2, 0) is 9.53 Å². The molecule has 8 heteroatoms. The van der Waals surface area contributed by atoms with Crippen molar-refractivity contribution in [3.8, 4) is 0 Å². The Balaban J connectivity index is 2.14. The Bertz CT molecular complexity index is 651. The summed E-state index contributed by atoms with van der Waals surface area (Å²) >= 11 is 2.76. The number of hydrogen-bond donors (Lipinski definition) is 2. The van der Waals surface area contributed by atoms with Crippen molar-refractivity contribution in [3.63, 3.8) is 0 Å². The number of thiophene rings is 1. The number of ether oxygens (including phenoxy) is 1. The molecule has 1 fully saturated rings. The highest BCUT2D eigenvalue weighted by Crippen LogP contribution is 2.34. The maximum absolute atomic E-state index is 12.3. The van der Waals surface area contributed by atoms with Crippen LogP contribution in [0.15, 0.2) is 0 Å². The highest BCUT2D eigenvalue weighted by molar-refractivity contribution is 8.00. The Morgan fingerprint density at radius 1 is 1.28 bits per heavy atom. The van der Waals surface area contributed by atoms with Crippen LogP contribution in [0.2, 0.25) is 0 Å². The summed E-state index contributed by atoms with van der Waals surface area (Å²) in [4.78, 5) is 36.9. The molecule has 0 unspecified atom stereocenters. The van der Waals surface area contributed by atoms with Crippen molar-refractivity contribution < 1.29 is 19.1 Å². The lowest BCUT2D eigenvalue weighted by molar-refractivity contribution is -0.113. The Hall–Kier alpha value is -1.54. The molecule has 0 bridgehead atoms. The van der Waals surface area contributed by atoms with E-state index < -0.39 is 5.97 Å². The summed E-state index contributed by atoms with van der Waals surface area (Å²) in [5.41, 5.74) is 0.797. The fraction of sp³-hybridized carbons (Fsp3) is 0.588. The smallest absolute Gasteiger partial charge is 0.341 e. The van der Waals surface area contributed by atoms with E-state index in [4.69, 9.17) is 4.74 Å². The van der Waals surface area contributed by atoms with Gasteiger partial charge in [-0.2, -0.15) is 0 Å². The first-order valence-electron chi connectivity index (χ1n) is 8.41. The zero-order valence-electron chi connectivity index (χ0n) is 14.8. The minimum atomic E-state index is -0.523. The van der Waals surface area contributed by atoms with Crippen molar-refractivity contribution in [1.82, 2.24) is 5.32 Å². The minimum absolute atomic E-state index is 0.160. The summed E-state index contributed by atoms with van der Waals surface area (Å²) in [6, 6.07) is 0. The molecule has 2 rings (SSSR count). The first kappa shape index (κ1) is 19.8. The van der Waals surface area contributed by atoms with Gasteiger partial charge in [0.2, 0.25) is 5.91 Å². The van der Waals surface area contributed by atoms with Gasteiger partial charge in [0.1, 0.15) is 5.00 Å². The molecule has 0 aliphatic heterocycles. The van der Waals surface area contributed by atoms with E-state index in [1.807, 2.05) is 0 Å². The maximum Gasteiger partial charge on any atom is 0.341 e. The number of rotatable bonds is 7. The number of amides is 2. The van der Waals surface area contributed by atoms with Gasteiger partial charge in [0, 0.05) is 12.3 Å². The van der Waals surface area contributed by atoms with Crippen LogP contribution < -0.4 is 10.6 Å². The number of esters is 1. The van der Waals surface area contributed by atoms with Crippen LogP contribution in [0.1, 0.15) is 58.2 Å². The van der Waals surface area contributed by atoms with E-state index in [0.29, 0.717) is 26.4 Å². The van der Waals surface area contributed by atoms with Crippen LogP contribution in [0.4, 0.5) is 5.00 Å². The molecular weight excluding hydrogens is 360 g/mol. The highest BCUT2D eigenvalue weighted by Gasteiger charge is 2.26. The molecule has 0 saturated heterocycles. The number of carbonyl (C=O) groups excluding carboxylic acids is 3. The van der Waals surface area contributed by atoms with Crippen molar-refractivity contribution in [2.24, 2.45) is 0 Å². The first-order valence-corrected chi connectivity index (χ1v) is 10.3. The summed E-state index contributed by atoms with van der Waals surface area (Å²) in [7, 11) is 1.53. The van der Waals surface area contributed by atoms with Crippen LogP contribution in [0.3, 0.4) is 0 Å². The molecule has 1 heterocycles. The third kappa shape index (κ3) is 4.98. The van der Waals surface area contributed by atoms with Gasteiger partial charge in [-0.3, -0.25) is 9.59 Å². The lowest BCUT2D eigenvalue weighted by atomic mass is 10.1.